The highest BCUT2D eigenvalue weighted by atomic mass is 32.1. The molecule has 17 heavy (non-hydrogen) atoms. The molecule has 0 radical (unpaired) electrons. The summed E-state index contributed by atoms with van der Waals surface area (Å²) >= 11 is 0.748. The van der Waals surface area contributed by atoms with E-state index in [1.165, 1.54) is 0 Å². The molecule has 0 bridgehead atoms. The summed E-state index contributed by atoms with van der Waals surface area (Å²) in [6.45, 7) is 1.80. The van der Waals surface area contributed by atoms with Gasteiger partial charge in [-0.15, -0.1) is 5.10 Å². The molecule has 0 fully saturated rings. The lowest BCUT2D eigenvalue weighted by molar-refractivity contribution is -0.140. The first-order valence-electron chi connectivity index (χ1n) is 4.52. The second-order valence-corrected chi connectivity index (χ2v) is 3.93. The number of hydrogen-bond donors (Lipinski definition) is 0. The number of ether oxygens (including phenoxy) is 1. The second kappa shape index (κ2) is 3.99. The van der Waals surface area contributed by atoms with Crippen molar-refractivity contribution in [2.24, 2.45) is 0 Å². The van der Waals surface area contributed by atoms with Gasteiger partial charge in [0.15, 0.2) is 5.69 Å². The minimum absolute atomic E-state index is 0.000350. The van der Waals surface area contributed by atoms with Crippen LogP contribution in [0.5, 0.6) is 0 Å². The second-order valence-electron chi connectivity index (χ2n) is 2.98. The van der Waals surface area contributed by atoms with E-state index in [0.29, 0.717) is 0 Å². The van der Waals surface area contributed by atoms with Gasteiger partial charge in [0.1, 0.15) is 0 Å². The highest BCUT2D eigenvalue weighted by Crippen LogP contribution is 2.29. The van der Waals surface area contributed by atoms with Crippen LogP contribution in [0.15, 0.2) is 6.20 Å². The van der Waals surface area contributed by atoms with Crippen LogP contribution in [0.1, 0.15) is 22.4 Å². The number of hydrogen-bond acceptors (Lipinski definition) is 5. The van der Waals surface area contributed by atoms with Gasteiger partial charge in [-0.3, -0.25) is 0 Å². The summed E-state index contributed by atoms with van der Waals surface area (Å²) in [6, 6.07) is 0. The molecule has 0 atom stereocenters. The number of aromatic nitrogens is 3. The van der Waals surface area contributed by atoms with Crippen LogP contribution in [0.4, 0.5) is 13.2 Å². The largest absolute Gasteiger partial charge is 0.461 e. The Morgan fingerprint density at radius 3 is 2.82 bits per heavy atom. The van der Waals surface area contributed by atoms with Crippen molar-refractivity contribution < 1.29 is 22.7 Å². The number of rotatable bonds is 2. The van der Waals surface area contributed by atoms with Gasteiger partial charge in [0, 0.05) is 0 Å². The normalized spacial score (nSPS) is 12.0. The molecule has 0 spiro atoms. The Morgan fingerprint density at radius 2 is 2.29 bits per heavy atom. The molecule has 0 saturated carbocycles. The minimum Gasteiger partial charge on any atom is -0.461 e. The highest BCUT2D eigenvalue weighted by molar-refractivity contribution is 7.18. The molecule has 92 valence electrons. The Labute approximate surface area is 96.8 Å². The molecule has 2 aromatic rings. The quantitative estimate of drug-likeness (QED) is 0.779. The number of alkyl halides is 3. The molecule has 0 N–H and O–H groups in total. The van der Waals surface area contributed by atoms with Crippen molar-refractivity contribution in [3.8, 4) is 0 Å². The Morgan fingerprint density at radius 1 is 1.59 bits per heavy atom. The number of carbonyl (C=O) groups is 1. The van der Waals surface area contributed by atoms with Crippen molar-refractivity contribution in [3.63, 3.8) is 0 Å². The fraction of sp³-hybridized carbons (Fsp3) is 0.375. The third-order valence-electron chi connectivity index (χ3n) is 1.78. The fourth-order valence-electron chi connectivity index (χ4n) is 1.11. The number of halogens is 3. The zero-order valence-electron chi connectivity index (χ0n) is 8.48. The van der Waals surface area contributed by atoms with Crippen LogP contribution < -0.4 is 0 Å². The van der Waals surface area contributed by atoms with Crippen molar-refractivity contribution in [2.75, 3.05) is 6.61 Å². The fourth-order valence-corrected chi connectivity index (χ4v) is 1.89. The Hall–Kier alpha value is -1.64. The molecule has 2 aromatic heterocycles. The molecule has 0 aromatic carbocycles. The maximum Gasteiger partial charge on any atom is 0.435 e. The molecule has 0 saturated heterocycles. The monoisotopic (exact) mass is 265 g/mol. The Balaban J connectivity index is 2.35. The van der Waals surface area contributed by atoms with Crippen molar-refractivity contribution in [2.45, 2.75) is 13.1 Å². The predicted molar refractivity (Wildman–Crippen MR) is 51.8 cm³/mol. The first-order chi connectivity index (χ1) is 7.91. The summed E-state index contributed by atoms with van der Waals surface area (Å²) in [5.41, 5.74) is -1.04. The Bertz CT molecular complexity index is 528. The maximum atomic E-state index is 12.3. The van der Waals surface area contributed by atoms with Crippen LogP contribution in [0.2, 0.25) is 0 Å². The van der Waals surface area contributed by atoms with Gasteiger partial charge in [-0.05, 0) is 6.92 Å². The first-order valence-corrected chi connectivity index (χ1v) is 5.34. The Kier molecular flexibility index (Phi) is 2.77. The number of nitrogens with zero attached hydrogens (tertiary/aromatic N) is 3. The lowest BCUT2D eigenvalue weighted by Gasteiger charge is -1.99. The van der Waals surface area contributed by atoms with E-state index in [0.717, 1.165) is 22.0 Å². The maximum absolute atomic E-state index is 12.3. The molecule has 9 heteroatoms. The molecule has 0 aliphatic heterocycles. The van der Waals surface area contributed by atoms with Gasteiger partial charge in [0.25, 0.3) is 0 Å². The lowest BCUT2D eigenvalue weighted by Crippen LogP contribution is -2.06. The number of carbonyl (C=O) groups excluding carboxylic acids is 1. The summed E-state index contributed by atoms with van der Waals surface area (Å²) in [6.07, 6.45) is -3.79. The molecule has 2 heterocycles. The molecule has 0 aliphatic carbocycles. The summed E-state index contributed by atoms with van der Waals surface area (Å²) in [5.74, 6) is -0.670. The van der Waals surface area contributed by atoms with Crippen molar-refractivity contribution in [1.82, 2.24) is 14.6 Å². The number of fused-ring (bicyclic) bond motifs is 1. The van der Waals surface area contributed by atoms with Crippen LogP contribution in [-0.2, 0) is 10.9 Å². The third kappa shape index (κ3) is 2.23. The van der Waals surface area contributed by atoms with Gasteiger partial charge in [0.2, 0.25) is 9.97 Å². The molecule has 0 aliphatic rings. The van der Waals surface area contributed by atoms with E-state index >= 15 is 0 Å². The van der Waals surface area contributed by atoms with Crippen LogP contribution in [0.25, 0.3) is 4.96 Å². The van der Waals surface area contributed by atoms with Gasteiger partial charge < -0.3 is 4.74 Å². The van der Waals surface area contributed by atoms with Crippen LogP contribution in [0, 0.1) is 0 Å². The van der Waals surface area contributed by atoms with Crippen LogP contribution in [-0.4, -0.2) is 27.2 Å². The van der Waals surface area contributed by atoms with Crippen LogP contribution in [0.3, 0.4) is 0 Å². The van der Waals surface area contributed by atoms with Gasteiger partial charge >= 0.3 is 12.1 Å². The first kappa shape index (κ1) is 11.8. The van der Waals surface area contributed by atoms with E-state index in [9.17, 15) is 18.0 Å². The van der Waals surface area contributed by atoms with E-state index in [1.54, 1.807) is 6.92 Å². The van der Waals surface area contributed by atoms with Crippen LogP contribution >= 0.6 is 11.3 Å². The standard InChI is InChI=1S/C8H6F3N3O2S/c1-2-16-6(15)5-13-14-3-4(8(9,10)11)12-7(14)17-5/h3H,2H2,1H3. The van der Waals surface area contributed by atoms with Crippen molar-refractivity contribution in [3.05, 3.63) is 16.9 Å². The molecule has 0 unspecified atom stereocenters. The van der Waals surface area contributed by atoms with Crippen molar-refractivity contribution in [1.29, 1.82) is 0 Å². The summed E-state index contributed by atoms with van der Waals surface area (Å²) < 4.78 is 42.5. The molecule has 5 nitrogen and oxygen atoms in total. The van der Waals surface area contributed by atoms with E-state index in [-0.39, 0.29) is 16.6 Å². The lowest BCUT2D eigenvalue weighted by atomic mass is 10.5. The van der Waals surface area contributed by atoms with E-state index in [4.69, 9.17) is 0 Å². The van der Waals surface area contributed by atoms with Gasteiger partial charge in [-0.2, -0.15) is 13.2 Å². The predicted octanol–water partition coefficient (Wildman–Crippen LogP) is 1.99. The minimum atomic E-state index is -4.52. The topological polar surface area (TPSA) is 56.5 Å². The van der Waals surface area contributed by atoms with Gasteiger partial charge in [0.05, 0.1) is 12.8 Å². The third-order valence-corrected chi connectivity index (χ3v) is 2.69. The SMILES string of the molecule is CCOC(=O)c1nn2cc(C(F)(F)F)nc2s1. The summed E-state index contributed by atoms with van der Waals surface area (Å²) in [5, 5.41) is 3.64. The molecular formula is C8H6F3N3O2S. The molecule has 2 rings (SSSR count). The smallest absolute Gasteiger partial charge is 0.435 e. The van der Waals surface area contributed by atoms with E-state index < -0.39 is 17.8 Å². The zero-order valence-corrected chi connectivity index (χ0v) is 9.30. The summed E-state index contributed by atoms with van der Waals surface area (Å²) in [7, 11) is 0. The van der Waals surface area contributed by atoms with Gasteiger partial charge in [-0.25, -0.2) is 14.3 Å². The van der Waals surface area contributed by atoms with Gasteiger partial charge in [-0.1, -0.05) is 11.3 Å². The summed E-state index contributed by atoms with van der Waals surface area (Å²) in [4.78, 5) is 14.6. The van der Waals surface area contributed by atoms with E-state index in [2.05, 4.69) is 14.8 Å². The van der Waals surface area contributed by atoms with E-state index in [1.807, 2.05) is 0 Å². The zero-order chi connectivity index (χ0) is 12.6. The average molecular weight is 265 g/mol. The number of esters is 1. The van der Waals surface area contributed by atoms with Crippen molar-refractivity contribution >= 4 is 22.3 Å². The number of imidazole rings is 1. The molecule has 0 amide bonds. The average Bonchev–Trinajstić information content (AvgIpc) is 2.72. The highest BCUT2D eigenvalue weighted by Gasteiger charge is 2.34. The molecular weight excluding hydrogens is 259 g/mol.